The second-order valence-corrected chi connectivity index (χ2v) is 27.0. The van der Waals surface area contributed by atoms with Crippen molar-refractivity contribution in [2.75, 3.05) is 39.6 Å². The highest BCUT2D eigenvalue weighted by atomic mass is 31.2. The minimum atomic E-state index is -5.00. The number of ether oxygens (including phenoxy) is 4. The zero-order valence-electron chi connectivity index (χ0n) is 60.7. The number of phosphoric ester groups is 2. The number of hydrogen-bond acceptors (Lipinski definition) is 15. The third kappa shape index (κ3) is 69.4. The third-order valence-electron chi connectivity index (χ3n) is 14.8. The Morgan fingerprint density at radius 2 is 0.571 bits per heavy atom. The van der Waals surface area contributed by atoms with E-state index in [4.69, 9.17) is 37.0 Å². The maximum absolute atomic E-state index is 13.1. The lowest BCUT2D eigenvalue weighted by atomic mass is 10.1. The van der Waals surface area contributed by atoms with Gasteiger partial charge in [0.2, 0.25) is 0 Å². The number of aliphatic hydroxyl groups is 1. The molecule has 0 fully saturated rings. The van der Waals surface area contributed by atoms with Crippen LogP contribution in [0.3, 0.4) is 0 Å². The summed E-state index contributed by atoms with van der Waals surface area (Å²) in [6.07, 6.45) is 78.7. The predicted molar refractivity (Wildman–Crippen MR) is 399 cm³/mol. The second-order valence-electron chi connectivity index (χ2n) is 24.1. The van der Waals surface area contributed by atoms with Gasteiger partial charge in [-0.2, -0.15) is 0 Å². The number of aliphatic hydroxyl groups excluding tert-OH is 1. The van der Waals surface area contributed by atoms with Crippen LogP contribution < -0.4 is 0 Å². The molecule has 0 aromatic carbocycles. The number of carbonyl (C=O) groups excluding carboxylic acids is 4. The number of esters is 4. The van der Waals surface area contributed by atoms with Crippen molar-refractivity contribution in [1.82, 2.24) is 0 Å². The Morgan fingerprint density at radius 3 is 0.929 bits per heavy atom. The Bertz CT molecular complexity index is 2430. The van der Waals surface area contributed by atoms with Crippen molar-refractivity contribution >= 4 is 39.5 Å². The van der Waals surface area contributed by atoms with Gasteiger partial charge in [-0.05, 0) is 141 Å². The van der Waals surface area contributed by atoms with Gasteiger partial charge >= 0.3 is 39.5 Å². The average Bonchev–Trinajstić information content (AvgIpc) is 0.972. The molecular weight excluding hydrogens is 1280 g/mol. The quantitative estimate of drug-likeness (QED) is 0.0169. The van der Waals surface area contributed by atoms with Gasteiger partial charge in [0.25, 0.3) is 0 Å². The van der Waals surface area contributed by atoms with E-state index in [0.717, 1.165) is 173 Å². The first-order valence-corrected chi connectivity index (χ1v) is 40.1. The third-order valence-corrected chi connectivity index (χ3v) is 16.7. The first-order chi connectivity index (χ1) is 47.7. The Hall–Kier alpha value is -5.06. The Kier molecular flexibility index (Phi) is 66.7. The zero-order valence-corrected chi connectivity index (χ0v) is 62.4. The molecule has 19 heteroatoms. The fourth-order valence-corrected chi connectivity index (χ4v) is 10.7. The highest BCUT2D eigenvalue weighted by Gasteiger charge is 2.30. The maximum Gasteiger partial charge on any atom is 0.472 e. The number of hydrogen-bond donors (Lipinski definition) is 3. The van der Waals surface area contributed by atoms with Crippen LogP contribution in [0.15, 0.2) is 146 Å². The van der Waals surface area contributed by atoms with Gasteiger partial charge in [0.05, 0.1) is 26.4 Å². The molecule has 0 aliphatic carbocycles. The SMILES string of the molecule is CC/C=C\C/C=C\C/C=C\C/C=C\C/C=C\C/C=C\CCC(=O)OCC(COP(=O)(O)OCC(O)COP(=O)(O)OCC(COC(=O)CCCCCCC/C=C\C/C=C\C/C=C\CC)OC(=O)CCCCCCC/C=C\CCCC)OC(=O)CCCCCCC/C=C\C/C=C\CCC. The number of allylic oxidation sites excluding steroid dienone is 24. The number of unbranched alkanes of at least 4 members (excludes halogenated alkanes) is 18. The van der Waals surface area contributed by atoms with E-state index in [2.05, 4.69) is 155 Å². The van der Waals surface area contributed by atoms with Crippen LogP contribution in [0.25, 0.3) is 0 Å². The molecule has 0 heterocycles. The maximum atomic E-state index is 13.1. The van der Waals surface area contributed by atoms with Crippen molar-refractivity contribution in [2.24, 2.45) is 0 Å². The molecule has 3 N–H and O–H groups in total. The largest absolute Gasteiger partial charge is 0.472 e. The summed E-state index contributed by atoms with van der Waals surface area (Å²) in [5.41, 5.74) is 0. The lowest BCUT2D eigenvalue weighted by Gasteiger charge is -2.21. The summed E-state index contributed by atoms with van der Waals surface area (Å²) in [5.74, 6) is -2.33. The van der Waals surface area contributed by atoms with Gasteiger partial charge in [-0.1, -0.05) is 251 Å². The molecule has 0 rings (SSSR count). The molecule has 0 bridgehead atoms. The van der Waals surface area contributed by atoms with E-state index in [1.807, 2.05) is 18.2 Å². The minimum absolute atomic E-state index is 0.0288. The molecule has 0 saturated heterocycles. The molecule has 0 aromatic heterocycles. The highest BCUT2D eigenvalue weighted by molar-refractivity contribution is 7.47. The molecule has 5 unspecified atom stereocenters. The summed E-state index contributed by atoms with van der Waals surface area (Å²) < 4.78 is 68.2. The highest BCUT2D eigenvalue weighted by Crippen LogP contribution is 2.45. The van der Waals surface area contributed by atoms with Crippen LogP contribution >= 0.6 is 15.6 Å². The number of rotatable bonds is 68. The standard InChI is InChI=1S/C79H130O17P2/c1-5-9-13-17-21-25-29-32-34-35-36-37-39-42-45-48-52-56-60-64-77(82)90-70-75(96-79(84)66-62-58-54-50-46-40-31-27-23-19-15-11-7-3)72-94-98(87,88)92-68-73(80)67-91-97(85,86)93-71-74(95-78(83)65-61-57-53-49-43-28-24-20-16-12-8-4)69-89-76(81)63-59-55-51-47-44-41-38-33-30-26-22-18-14-10-6-2/h9-10,13-15,19-22,24-27,31-34,36-38,42,45,52,56,73-75,80H,5-8,11-12,16-18,23,28-30,35,39-41,43-44,46-51,53-55,57-72H2,1-4H3,(H,85,86)(H,87,88)/b13-9-,14-10-,19-15-,24-20-,25-21-,26-22-,31-27-,34-32-,37-36-,38-33-,45-42-,56-52-. The Morgan fingerprint density at radius 1 is 0.296 bits per heavy atom. The summed E-state index contributed by atoms with van der Waals surface area (Å²) in [5, 5.41) is 10.6. The molecule has 17 nitrogen and oxygen atoms in total. The summed E-state index contributed by atoms with van der Waals surface area (Å²) in [7, 11) is -9.98. The van der Waals surface area contributed by atoms with Gasteiger partial charge in [0.15, 0.2) is 12.2 Å². The van der Waals surface area contributed by atoms with Gasteiger partial charge in [-0.15, -0.1) is 0 Å². The topological polar surface area (TPSA) is 237 Å². The van der Waals surface area contributed by atoms with Gasteiger partial charge in [0.1, 0.15) is 19.3 Å². The van der Waals surface area contributed by atoms with Crippen molar-refractivity contribution in [2.45, 2.75) is 290 Å². The van der Waals surface area contributed by atoms with Crippen molar-refractivity contribution in [3.8, 4) is 0 Å². The normalized spacial score (nSPS) is 14.8. The van der Waals surface area contributed by atoms with Crippen LogP contribution in [0.5, 0.6) is 0 Å². The smallest absolute Gasteiger partial charge is 0.462 e. The summed E-state index contributed by atoms with van der Waals surface area (Å²) in [4.78, 5) is 72.7. The van der Waals surface area contributed by atoms with E-state index in [1.54, 1.807) is 0 Å². The van der Waals surface area contributed by atoms with Crippen molar-refractivity contribution in [1.29, 1.82) is 0 Å². The van der Waals surface area contributed by atoms with Crippen LogP contribution in [0.2, 0.25) is 0 Å². The van der Waals surface area contributed by atoms with E-state index in [9.17, 15) is 43.2 Å². The van der Waals surface area contributed by atoms with E-state index < -0.39 is 97.5 Å². The van der Waals surface area contributed by atoms with E-state index in [1.165, 1.54) is 12.8 Å². The number of carbonyl (C=O) groups is 4. The van der Waals surface area contributed by atoms with E-state index >= 15 is 0 Å². The van der Waals surface area contributed by atoms with Crippen LogP contribution in [-0.4, -0.2) is 96.7 Å². The monoisotopic (exact) mass is 1410 g/mol. The molecule has 0 aliphatic heterocycles. The van der Waals surface area contributed by atoms with Crippen LogP contribution in [-0.2, 0) is 65.4 Å². The van der Waals surface area contributed by atoms with Gasteiger partial charge < -0.3 is 33.8 Å². The lowest BCUT2D eigenvalue weighted by Crippen LogP contribution is -2.30. The number of phosphoric acid groups is 2. The Labute approximate surface area is 592 Å². The predicted octanol–water partition coefficient (Wildman–Crippen LogP) is 21.1. The van der Waals surface area contributed by atoms with E-state index in [-0.39, 0.29) is 25.7 Å². The molecule has 98 heavy (non-hydrogen) atoms. The molecule has 0 radical (unpaired) electrons. The van der Waals surface area contributed by atoms with Gasteiger partial charge in [-0.3, -0.25) is 37.3 Å². The van der Waals surface area contributed by atoms with Gasteiger partial charge in [-0.25, -0.2) is 9.13 Å². The van der Waals surface area contributed by atoms with Gasteiger partial charge in [0, 0.05) is 25.7 Å². The molecule has 0 spiro atoms. The summed E-state index contributed by atoms with van der Waals surface area (Å²) in [6, 6.07) is 0. The second kappa shape index (κ2) is 70.4. The molecular formula is C79H130O17P2. The molecule has 5 atom stereocenters. The first kappa shape index (κ1) is 92.9. The Balaban J connectivity index is 5.41. The molecule has 558 valence electrons. The lowest BCUT2D eigenvalue weighted by molar-refractivity contribution is -0.161. The van der Waals surface area contributed by atoms with Crippen molar-refractivity contribution in [3.05, 3.63) is 146 Å². The summed E-state index contributed by atoms with van der Waals surface area (Å²) >= 11 is 0. The molecule has 0 aliphatic rings. The fourth-order valence-electron chi connectivity index (χ4n) is 9.16. The average molecular weight is 1410 g/mol. The minimum Gasteiger partial charge on any atom is -0.462 e. The van der Waals surface area contributed by atoms with Crippen LogP contribution in [0.4, 0.5) is 0 Å². The van der Waals surface area contributed by atoms with Crippen molar-refractivity contribution < 1.29 is 80.2 Å². The van der Waals surface area contributed by atoms with Crippen LogP contribution in [0, 0.1) is 0 Å². The first-order valence-electron chi connectivity index (χ1n) is 37.1. The summed E-state index contributed by atoms with van der Waals surface area (Å²) in [6.45, 7) is 4.38. The molecule has 0 aromatic rings. The van der Waals surface area contributed by atoms with E-state index in [0.29, 0.717) is 32.1 Å². The fraction of sp³-hybridized carbons (Fsp3) is 0.646. The van der Waals surface area contributed by atoms with Crippen molar-refractivity contribution in [3.63, 3.8) is 0 Å². The molecule has 0 saturated carbocycles. The zero-order chi connectivity index (χ0) is 71.8. The molecule has 0 amide bonds. The van der Waals surface area contributed by atoms with Crippen LogP contribution in [0.1, 0.15) is 272 Å².